The molecule has 3 nitrogen and oxygen atoms in total. The molecule has 0 spiro atoms. The summed E-state index contributed by atoms with van der Waals surface area (Å²) in [7, 11) is 0. The van der Waals surface area contributed by atoms with Gasteiger partial charge in [0.15, 0.2) is 11.5 Å². The fraction of sp³-hybridized carbons (Fsp3) is 0.455. The van der Waals surface area contributed by atoms with Crippen molar-refractivity contribution in [2.75, 3.05) is 13.2 Å². The third kappa shape index (κ3) is 1.78. The first-order valence-corrected chi connectivity index (χ1v) is 5.71. The molecular weight excluding hydrogens is 260 g/mol. The van der Waals surface area contributed by atoms with Crippen LogP contribution in [0.2, 0.25) is 0 Å². The number of fused-ring (bicyclic) bond motifs is 1. The van der Waals surface area contributed by atoms with E-state index < -0.39 is 0 Å². The van der Waals surface area contributed by atoms with Gasteiger partial charge in [-0.1, -0.05) is 13.8 Å². The van der Waals surface area contributed by atoms with Crippen molar-refractivity contribution in [2.45, 2.75) is 19.8 Å². The molecule has 82 valence electrons. The van der Waals surface area contributed by atoms with Crippen LogP contribution < -0.4 is 9.47 Å². The molecule has 0 atom stereocenters. The molecule has 0 bridgehead atoms. The van der Waals surface area contributed by atoms with E-state index in [0.717, 1.165) is 10.0 Å². The molecule has 1 heterocycles. The van der Waals surface area contributed by atoms with Crippen LogP contribution in [0, 0.1) is 0 Å². The van der Waals surface area contributed by atoms with E-state index in [4.69, 9.17) is 9.47 Å². The maximum absolute atomic E-state index is 9.85. The van der Waals surface area contributed by atoms with Gasteiger partial charge in [-0.2, -0.15) is 0 Å². The molecule has 1 aliphatic heterocycles. The molecule has 4 heteroatoms. The topological polar surface area (TPSA) is 38.7 Å². The number of rotatable bonds is 1. The van der Waals surface area contributed by atoms with Crippen LogP contribution in [0.3, 0.4) is 0 Å². The standard InChI is InChI=1S/C11H13BrO3/c1-6(2)9-7(13)5-8-11(10(9)12)15-4-3-14-8/h5-6,13H,3-4H2,1-2H3. The van der Waals surface area contributed by atoms with Crippen molar-refractivity contribution in [2.24, 2.45) is 0 Å². The summed E-state index contributed by atoms with van der Waals surface area (Å²) in [6.45, 7) is 5.12. The predicted octanol–water partition coefficient (Wildman–Crippen LogP) is 3.05. The number of ether oxygens (including phenoxy) is 2. The molecular formula is C11H13BrO3. The summed E-state index contributed by atoms with van der Waals surface area (Å²) in [6, 6.07) is 1.62. The molecule has 1 aromatic carbocycles. The highest BCUT2D eigenvalue weighted by Crippen LogP contribution is 2.46. The average molecular weight is 273 g/mol. The van der Waals surface area contributed by atoms with Crippen LogP contribution in [-0.4, -0.2) is 18.3 Å². The minimum atomic E-state index is 0.232. The summed E-state index contributed by atoms with van der Waals surface area (Å²) >= 11 is 3.45. The quantitative estimate of drug-likeness (QED) is 0.854. The van der Waals surface area contributed by atoms with Crippen molar-refractivity contribution >= 4 is 15.9 Å². The van der Waals surface area contributed by atoms with E-state index >= 15 is 0 Å². The van der Waals surface area contributed by atoms with E-state index in [1.807, 2.05) is 13.8 Å². The van der Waals surface area contributed by atoms with Crippen LogP contribution in [0.25, 0.3) is 0 Å². The third-order valence-corrected chi connectivity index (χ3v) is 3.16. The summed E-state index contributed by atoms with van der Waals surface area (Å²) in [5, 5.41) is 9.85. The lowest BCUT2D eigenvalue weighted by molar-refractivity contribution is 0.169. The lowest BCUT2D eigenvalue weighted by Crippen LogP contribution is -2.16. The van der Waals surface area contributed by atoms with E-state index in [-0.39, 0.29) is 11.7 Å². The SMILES string of the molecule is CC(C)c1c(O)cc2c(c1Br)OCCO2. The molecule has 0 unspecified atom stereocenters. The van der Waals surface area contributed by atoms with E-state index in [0.29, 0.717) is 24.7 Å². The number of benzene rings is 1. The van der Waals surface area contributed by atoms with Gasteiger partial charge in [-0.25, -0.2) is 0 Å². The molecule has 0 aromatic heterocycles. The van der Waals surface area contributed by atoms with Gasteiger partial charge in [-0.05, 0) is 21.8 Å². The number of hydrogen-bond acceptors (Lipinski definition) is 3. The molecule has 1 aliphatic rings. The van der Waals surface area contributed by atoms with Crippen LogP contribution in [0.15, 0.2) is 10.5 Å². The van der Waals surface area contributed by atoms with Gasteiger partial charge in [0.25, 0.3) is 0 Å². The maximum atomic E-state index is 9.85. The van der Waals surface area contributed by atoms with Crippen LogP contribution >= 0.6 is 15.9 Å². The van der Waals surface area contributed by atoms with E-state index in [1.54, 1.807) is 6.07 Å². The van der Waals surface area contributed by atoms with Gasteiger partial charge in [0.2, 0.25) is 0 Å². The number of phenols is 1. The van der Waals surface area contributed by atoms with E-state index in [1.165, 1.54) is 0 Å². The lowest BCUT2D eigenvalue weighted by atomic mass is 10.0. The Morgan fingerprint density at radius 2 is 2.00 bits per heavy atom. The largest absolute Gasteiger partial charge is 0.507 e. The Labute approximate surface area is 97.1 Å². The summed E-state index contributed by atoms with van der Waals surface area (Å²) in [6.07, 6.45) is 0. The second kappa shape index (κ2) is 3.93. The third-order valence-electron chi connectivity index (χ3n) is 2.37. The number of phenolic OH excluding ortho intramolecular Hbond substituents is 1. The summed E-state index contributed by atoms with van der Waals surface area (Å²) in [5.41, 5.74) is 0.860. The lowest BCUT2D eigenvalue weighted by Gasteiger charge is -2.22. The average Bonchev–Trinajstić information content (AvgIpc) is 2.17. The zero-order chi connectivity index (χ0) is 11.0. The van der Waals surface area contributed by atoms with Gasteiger partial charge >= 0.3 is 0 Å². The zero-order valence-electron chi connectivity index (χ0n) is 8.71. The van der Waals surface area contributed by atoms with Crippen LogP contribution in [-0.2, 0) is 0 Å². The van der Waals surface area contributed by atoms with Gasteiger partial charge in [-0.15, -0.1) is 0 Å². The van der Waals surface area contributed by atoms with Crippen molar-refractivity contribution in [1.82, 2.24) is 0 Å². The first-order chi connectivity index (χ1) is 7.11. The number of hydrogen-bond donors (Lipinski definition) is 1. The Morgan fingerprint density at radius 3 is 2.67 bits per heavy atom. The van der Waals surface area contributed by atoms with Crippen molar-refractivity contribution < 1.29 is 14.6 Å². The highest BCUT2D eigenvalue weighted by atomic mass is 79.9. The van der Waals surface area contributed by atoms with Crippen LogP contribution in [0.1, 0.15) is 25.3 Å². The Kier molecular flexibility index (Phi) is 2.78. The first-order valence-electron chi connectivity index (χ1n) is 4.92. The smallest absolute Gasteiger partial charge is 0.176 e. The fourth-order valence-electron chi connectivity index (χ4n) is 1.70. The summed E-state index contributed by atoms with van der Waals surface area (Å²) < 4.78 is 11.7. The molecule has 0 aliphatic carbocycles. The minimum Gasteiger partial charge on any atom is -0.507 e. The molecule has 0 saturated heterocycles. The van der Waals surface area contributed by atoms with Gasteiger partial charge in [0.05, 0.1) is 4.47 Å². The van der Waals surface area contributed by atoms with Crippen molar-refractivity contribution in [3.05, 3.63) is 16.1 Å². The summed E-state index contributed by atoms with van der Waals surface area (Å²) in [4.78, 5) is 0. The Bertz CT molecular complexity index is 388. The Morgan fingerprint density at radius 1 is 1.33 bits per heavy atom. The van der Waals surface area contributed by atoms with Crippen molar-refractivity contribution in [1.29, 1.82) is 0 Å². The Balaban J connectivity index is 2.59. The molecule has 0 fully saturated rings. The minimum absolute atomic E-state index is 0.232. The highest BCUT2D eigenvalue weighted by molar-refractivity contribution is 9.10. The predicted molar refractivity (Wildman–Crippen MR) is 60.9 cm³/mol. The van der Waals surface area contributed by atoms with Crippen molar-refractivity contribution in [3.63, 3.8) is 0 Å². The van der Waals surface area contributed by atoms with E-state index in [2.05, 4.69) is 15.9 Å². The fourth-order valence-corrected chi connectivity index (χ4v) is 2.67. The molecule has 1 N–H and O–H groups in total. The monoisotopic (exact) mass is 272 g/mol. The van der Waals surface area contributed by atoms with Gasteiger partial charge in [0, 0.05) is 11.6 Å². The summed E-state index contributed by atoms with van der Waals surface area (Å²) in [5.74, 6) is 1.79. The second-order valence-corrected chi connectivity index (χ2v) is 4.60. The molecule has 0 radical (unpaired) electrons. The van der Waals surface area contributed by atoms with Crippen LogP contribution in [0.5, 0.6) is 17.2 Å². The normalized spacial score (nSPS) is 14.4. The Hall–Kier alpha value is -0.900. The maximum Gasteiger partial charge on any atom is 0.176 e. The zero-order valence-corrected chi connectivity index (χ0v) is 10.3. The molecule has 0 saturated carbocycles. The molecule has 1 aromatic rings. The second-order valence-electron chi connectivity index (χ2n) is 3.80. The van der Waals surface area contributed by atoms with Gasteiger partial charge in [0.1, 0.15) is 19.0 Å². The van der Waals surface area contributed by atoms with Crippen LogP contribution in [0.4, 0.5) is 0 Å². The highest BCUT2D eigenvalue weighted by Gasteiger charge is 2.22. The molecule has 2 rings (SSSR count). The number of aromatic hydroxyl groups is 1. The van der Waals surface area contributed by atoms with Gasteiger partial charge in [-0.3, -0.25) is 0 Å². The first kappa shape index (κ1) is 10.6. The van der Waals surface area contributed by atoms with E-state index in [9.17, 15) is 5.11 Å². The van der Waals surface area contributed by atoms with Gasteiger partial charge < -0.3 is 14.6 Å². The molecule has 15 heavy (non-hydrogen) atoms. The number of halogens is 1. The molecule has 0 amide bonds. The van der Waals surface area contributed by atoms with Crippen molar-refractivity contribution in [3.8, 4) is 17.2 Å².